The maximum Gasteiger partial charge on any atom is 0.274 e. The standard InChI is InChI=1S/C22H27N5O3/c1-15(2)26-14-23-22-24-17(12-20(28)27(22)26)13-30-19-11-7-6-10-18(19)25-21(29)16-8-4-3-5-9-16/h6-7,10-12,14-16H,3-5,8-9,13H2,1-2H3,(H,25,29). The van der Waals surface area contributed by atoms with E-state index in [0.29, 0.717) is 22.9 Å². The molecule has 1 aliphatic rings. The number of fused-ring (bicyclic) bond motifs is 1. The Morgan fingerprint density at radius 1 is 1.23 bits per heavy atom. The summed E-state index contributed by atoms with van der Waals surface area (Å²) in [5.41, 5.74) is 0.918. The summed E-state index contributed by atoms with van der Waals surface area (Å²) in [7, 11) is 0. The van der Waals surface area contributed by atoms with E-state index in [-0.39, 0.29) is 30.0 Å². The smallest absolute Gasteiger partial charge is 0.274 e. The van der Waals surface area contributed by atoms with Crippen molar-refractivity contribution in [3.63, 3.8) is 0 Å². The van der Waals surface area contributed by atoms with Crippen LogP contribution in [0, 0.1) is 5.92 Å². The van der Waals surface area contributed by atoms with Gasteiger partial charge in [0.2, 0.25) is 5.91 Å². The number of ether oxygens (including phenoxy) is 1. The minimum Gasteiger partial charge on any atom is -0.485 e. The number of nitrogens with one attached hydrogen (secondary N) is 1. The van der Waals surface area contributed by atoms with Gasteiger partial charge in [-0.1, -0.05) is 31.4 Å². The lowest BCUT2D eigenvalue weighted by molar-refractivity contribution is -0.120. The summed E-state index contributed by atoms with van der Waals surface area (Å²) >= 11 is 0. The van der Waals surface area contributed by atoms with Crippen LogP contribution in [0.5, 0.6) is 5.75 Å². The minimum atomic E-state index is -0.205. The SMILES string of the molecule is CC(C)n1cnc2nc(COc3ccccc3NC(=O)C3CCCCC3)cc(=O)n21. The van der Waals surface area contributed by atoms with Crippen molar-refractivity contribution in [1.29, 1.82) is 0 Å². The normalized spacial score (nSPS) is 14.9. The number of aromatic nitrogens is 4. The molecule has 8 heteroatoms. The van der Waals surface area contributed by atoms with E-state index in [1.807, 2.05) is 32.0 Å². The number of hydrogen-bond acceptors (Lipinski definition) is 5. The molecule has 1 N–H and O–H groups in total. The Bertz CT molecular complexity index is 1100. The Kier molecular flexibility index (Phi) is 5.83. The van der Waals surface area contributed by atoms with Crippen LogP contribution in [-0.4, -0.2) is 25.1 Å². The first-order chi connectivity index (χ1) is 14.5. The number of anilines is 1. The molecule has 0 unspecified atom stereocenters. The van der Waals surface area contributed by atoms with Crippen molar-refractivity contribution in [2.45, 2.75) is 58.6 Å². The van der Waals surface area contributed by atoms with Gasteiger partial charge >= 0.3 is 0 Å². The van der Waals surface area contributed by atoms with Gasteiger partial charge in [-0.25, -0.2) is 4.98 Å². The zero-order valence-electron chi connectivity index (χ0n) is 17.4. The van der Waals surface area contributed by atoms with Crippen LogP contribution in [0.2, 0.25) is 0 Å². The fraction of sp³-hybridized carbons (Fsp3) is 0.455. The van der Waals surface area contributed by atoms with E-state index in [2.05, 4.69) is 15.3 Å². The van der Waals surface area contributed by atoms with Gasteiger partial charge in [-0.2, -0.15) is 9.50 Å². The molecule has 30 heavy (non-hydrogen) atoms. The Balaban J connectivity index is 1.49. The average Bonchev–Trinajstić information content (AvgIpc) is 3.19. The van der Waals surface area contributed by atoms with Crippen LogP contribution in [0.25, 0.3) is 5.78 Å². The number of carbonyl (C=O) groups is 1. The minimum absolute atomic E-state index is 0.0442. The summed E-state index contributed by atoms with van der Waals surface area (Å²) in [6.45, 7) is 4.06. The van der Waals surface area contributed by atoms with Crippen molar-refractivity contribution < 1.29 is 9.53 Å². The molecule has 0 aliphatic heterocycles. The van der Waals surface area contributed by atoms with Crippen LogP contribution in [0.4, 0.5) is 5.69 Å². The highest BCUT2D eigenvalue weighted by atomic mass is 16.5. The number of amides is 1. The summed E-state index contributed by atoms with van der Waals surface area (Å²) in [5, 5.41) is 3.01. The second-order valence-corrected chi connectivity index (χ2v) is 8.02. The van der Waals surface area contributed by atoms with Crippen LogP contribution in [0.3, 0.4) is 0 Å². The predicted octanol–water partition coefficient (Wildman–Crippen LogP) is 3.57. The molecule has 1 fully saturated rings. The largest absolute Gasteiger partial charge is 0.485 e. The molecule has 1 aromatic carbocycles. The van der Waals surface area contributed by atoms with Gasteiger partial charge in [0.15, 0.2) is 0 Å². The quantitative estimate of drug-likeness (QED) is 0.672. The molecule has 4 rings (SSSR count). The lowest BCUT2D eigenvalue weighted by atomic mass is 9.88. The molecular formula is C22H27N5O3. The average molecular weight is 409 g/mol. The number of nitrogens with zero attached hydrogens (tertiary/aromatic N) is 4. The molecular weight excluding hydrogens is 382 g/mol. The van der Waals surface area contributed by atoms with Crippen LogP contribution in [0.15, 0.2) is 41.5 Å². The highest BCUT2D eigenvalue weighted by molar-refractivity contribution is 5.93. The third-order valence-electron chi connectivity index (χ3n) is 5.48. The molecule has 1 amide bonds. The fourth-order valence-electron chi connectivity index (χ4n) is 3.86. The van der Waals surface area contributed by atoms with E-state index < -0.39 is 0 Å². The van der Waals surface area contributed by atoms with Crippen molar-refractivity contribution in [3.05, 3.63) is 52.7 Å². The van der Waals surface area contributed by atoms with Crippen molar-refractivity contribution in [2.75, 3.05) is 5.32 Å². The van der Waals surface area contributed by atoms with Gasteiger partial charge in [-0.3, -0.25) is 14.3 Å². The molecule has 1 aliphatic carbocycles. The molecule has 3 aromatic rings. The Morgan fingerprint density at radius 2 is 2.00 bits per heavy atom. The molecule has 0 atom stereocenters. The van der Waals surface area contributed by atoms with E-state index in [9.17, 15) is 9.59 Å². The van der Waals surface area contributed by atoms with Gasteiger partial charge < -0.3 is 10.1 Å². The van der Waals surface area contributed by atoms with Crippen LogP contribution in [-0.2, 0) is 11.4 Å². The lowest BCUT2D eigenvalue weighted by Gasteiger charge is -2.21. The Morgan fingerprint density at radius 3 is 2.77 bits per heavy atom. The summed E-state index contributed by atoms with van der Waals surface area (Å²) < 4.78 is 9.10. The van der Waals surface area contributed by atoms with E-state index in [4.69, 9.17) is 4.74 Å². The van der Waals surface area contributed by atoms with Gasteiger partial charge in [0.1, 0.15) is 18.7 Å². The van der Waals surface area contributed by atoms with Crippen LogP contribution in [0.1, 0.15) is 57.7 Å². The molecule has 8 nitrogen and oxygen atoms in total. The summed E-state index contributed by atoms with van der Waals surface area (Å²) in [6, 6.07) is 8.88. The molecule has 2 aromatic heterocycles. The van der Waals surface area contributed by atoms with E-state index in [1.54, 1.807) is 17.1 Å². The molecule has 1 saturated carbocycles. The van der Waals surface area contributed by atoms with Gasteiger partial charge in [-0.05, 0) is 38.8 Å². The second kappa shape index (κ2) is 8.69. The predicted molar refractivity (Wildman–Crippen MR) is 114 cm³/mol. The van der Waals surface area contributed by atoms with Crippen molar-refractivity contribution in [1.82, 2.24) is 19.2 Å². The van der Waals surface area contributed by atoms with Crippen molar-refractivity contribution >= 4 is 17.4 Å². The molecule has 0 spiro atoms. The van der Waals surface area contributed by atoms with Gasteiger partial charge in [0.25, 0.3) is 11.3 Å². The zero-order chi connectivity index (χ0) is 21.1. The van der Waals surface area contributed by atoms with Crippen molar-refractivity contribution in [3.8, 4) is 5.75 Å². The Hall–Kier alpha value is -3.16. The van der Waals surface area contributed by atoms with Crippen LogP contribution < -0.4 is 15.6 Å². The highest BCUT2D eigenvalue weighted by Crippen LogP contribution is 2.28. The monoisotopic (exact) mass is 409 g/mol. The number of carbonyl (C=O) groups excluding carboxylic acids is 1. The Labute approximate surface area is 174 Å². The fourth-order valence-corrected chi connectivity index (χ4v) is 3.86. The number of benzene rings is 1. The number of hydrogen-bond donors (Lipinski definition) is 1. The van der Waals surface area contributed by atoms with E-state index in [0.717, 1.165) is 25.7 Å². The molecule has 158 valence electrons. The first kappa shape index (κ1) is 20.1. The topological polar surface area (TPSA) is 90.5 Å². The van der Waals surface area contributed by atoms with Gasteiger partial charge in [0, 0.05) is 18.0 Å². The maximum atomic E-state index is 12.6. The second-order valence-electron chi connectivity index (χ2n) is 8.02. The molecule has 0 radical (unpaired) electrons. The number of para-hydroxylation sites is 2. The first-order valence-electron chi connectivity index (χ1n) is 10.5. The van der Waals surface area contributed by atoms with Gasteiger partial charge in [-0.15, -0.1) is 0 Å². The highest BCUT2D eigenvalue weighted by Gasteiger charge is 2.22. The maximum absolute atomic E-state index is 12.6. The molecule has 0 saturated heterocycles. The van der Waals surface area contributed by atoms with Crippen LogP contribution >= 0.6 is 0 Å². The first-order valence-corrected chi connectivity index (χ1v) is 10.5. The van der Waals surface area contributed by atoms with Gasteiger partial charge in [0.05, 0.1) is 11.4 Å². The third-order valence-corrected chi connectivity index (χ3v) is 5.48. The van der Waals surface area contributed by atoms with E-state index in [1.165, 1.54) is 17.0 Å². The summed E-state index contributed by atoms with van der Waals surface area (Å²) in [6.07, 6.45) is 6.89. The number of rotatable bonds is 6. The lowest BCUT2D eigenvalue weighted by Crippen LogP contribution is -2.25. The van der Waals surface area contributed by atoms with Crippen molar-refractivity contribution in [2.24, 2.45) is 5.92 Å². The molecule has 2 heterocycles. The third kappa shape index (κ3) is 4.22. The van der Waals surface area contributed by atoms with E-state index >= 15 is 0 Å². The molecule has 0 bridgehead atoms. The summed E-state index contributed by atoms with van der Waals surface area (Å²) in [5.74, 6) is 1.000. The zero-order valence-corrected chi connectivity index (χ0v) is 17.4. The summed E-state index contributed by atoms with van der Waals surface area (Å²) in [4.78, 5) is 33.8.